The van der Waals surface area contributed by atoms with E-state index in [2.05, 4.69) is 0 Å². The van der Waals surface area contributed by atoms with Crippen molar-refractivity contribution in [1.29, 1.82) is 0 Å². The van der Waals surface area contributed by atoms with Gasteiger partial charge in [0.05, 0.1) is 5.25 Å². The molecule has 60 valence electrons. The minimum Gasteiger partial charge on any atom is -0.228 e. The highest BCUT2D eigenvalue weighted by Crippen LogP contribution is 2.28. The fourth-order valence-electron chi connectivity index (χ4n) is 1.60. The van der Waals surface area contributed by atoms with Crippen LogP contribution in [0, 0.1) is 5.92 Å². The van der Waals surface area contributed by atoms with Gasteiger partial charge in [-0.3, -0.25) is 0 Å². The van der Waals surface area contributed by atoms with Crippen LogP contribution in [0.25, 0.3) is 0 Å². The molecule has 1 aliphatic rings. The second kappa shape index (κ2) is 2.51. The molecule has 1 rings (SSSR count). The van der Waals surface area contributed by atoms with E-state index in [1.165, 1.54) is 0 Å². The Kier molecular flexibility index (Phi) is 2.01. The second-order valence-corrected chi connectivity index (χ2v) is 4.82. The SMILES string of the molecule is CC1CCCC1S(N)(=O)=O. The van der Waals surface area contributed by atoms with E-state index >= 15 is 0 Å². The lowest BCUT2D eigenvalue weighted by Crippen LogP contribution is -2.30. The molecule has 1 aliphatic carbocycles. The van der Waals surface area contributed by atoms with Crippen LogP contribution in [0.2, 0.25) is 0 Å². The average molecular weight is 163 g/mol. The van der Waals surface area contributed by atoms with E-state index < -0.39 is 10.0 Å². The van der Waals surface area contributed by atoms with E-state index in [1.54, 1.807) is 0 Å². The van der Waals surface area contributed by atoms with Crippen molar-refractivity contribution < 1.29 is 8.42 Å². The summed E-state index contributed by atoms with van der Waals surface area (Å²) in [5.41, 5.74) is 0. The van der Waals surface area contributed by atoms with Crippen LogP contribution < -0.4 is 5.14 Å². The molecule has 0 amide bonds. The summed E-state index contributed by atoms with van der Waals surface area (Å²) < 4.78 is 21.6. The summed E-state index contributed by atoms with van der Waals surface area (Å²) in [5, 5.41) is 4.73. The molecule has 0 aromatic rings. The van der Waals surface area contributed by atoms with Crippen molar-refractivity contribution in [3.63, 3.8) is 0 Å². The van der Waals surface area contributed by atoms with Gasteiger partial charge in [-0.2, -0.15) is 0 Å². The van der Waals surface area contributed by atoms with Crippen LogP contribution in [-0.4, -0.2) is 13.7 Å². The highest BCUT2D eigenvalue weighted by Gasteiger charge is 2.31. The van der Waals surface area contributed by atoms with Gasteiger partial charge in [0.2, 0.25) is 10.0 Å². The maximum atomic E-state index is 10.8. The molecule has 4 heteroatoms. The summed E-state index contributed by atoms with van der Waals surface area (Å²) in [4.78, 5) is 0. The van der Waals surface area contributed by atoms with Crippen molar-refractivity contribution in [2.45, 2.75) is 31.4 Å². The molecule has 0 aromatic carbocycles. The first-order chi connectivity index (χ1) is 4.52. The monoisotopic (exact) mass is 163 g/mol. The number of primary sulfonamides is 1. The average Bonchev–Trinajstić information content (AvgIpc) is 2.11. The van der Waals surface area contributed by atoms with E-state index in [9.17, 15) is 8.42 Å². The minimum atomic E-state index is -3.25. The first-order valence-corrected chi connectivity index (χ1v) is 5.14. The zero-order chi connectivity index (χ0) is 7.78. The summed E-state index contributed by atoms with van der Waals surface area (Å²) in [6.45, 7) is 1.95. The number of hydrogen-bond donors (Lipinski definition) is 1. The third-order valence-electron chi connectivity index (χ3n) is 2.20. The largest absolute Gasteiger partial charge is 0.228 e. The highest BCUT2D eigenvalue weighted by molar-refractivity contribution is 7.89. The second-order valence-electron chi connectivity index (χ2n) is 3.04. The summed E-state index contributed by atoms with van der Waals surface area (Å²) >= 11 is 0. The van der Waals surface area contributed by atoms with Gasteiger partial charge in [0.15, 0.2) is 0 Å². The molecule has 2 atom stereocenters. The van der Waals surface area contributed by atoms with E-state index in [-0.39, 0.29) is 11.2 Å². The van der Waals surface area contributed by atoms with Gasteiger partial charge in [-0.25, -0.2) is 13.6 Å². The molecule has 10 heavy (non-hydrogen) atoms. The van der Waals surface area contributed by atoms with Crippen molar-refractivity contribution in [3.8, 4) is 0 Å². The molecule has 3 nitrogen and oxygen atoms in total. The van der Waals surface area contributed by atoms with E-state index in [0.29, 0.717) is 0 Å². The highest BCUT2D eigenvalue weighted by atomic mass is 32.2. The number of hydrogen-bond acceptors (Lipinski definition) is 2. The Bertz CT molecular complexity index is 210. The number of nitrogens with two attached hydrogens (primary N) is 1. The van der Waals surface area contributed by atoms with Crippen LogP contribution in [-0.2, 0) is 10.0 Å². The first-order valence-electron chi connectivity index (χ1n) is 3.53. The Balaban J connectivity index is 2.74. The molecule has 0 spiro atoms. The van der Waals surface area contributed by atoms with Gasteiger partial charge in [0.25, 0.3) is 0 Å². The molecular weight excluding hydrogens is 150 g/mol. The number of rotatable bonds is 1. The Morgan fingerprint density at radius 1 is 1.40 bits per heavy atom. The lowest BCUT2D eigenvalue weighted by Gasteiger charge is -2.11. The quantitative estimate of drug-likeness (QED) is 0.610. The van der Waals surface area contributed by atoms with Gasteiger partial charge in [-0.05, 0) is 18.8 Å². The summed E-state index contributed by atoms with van der Waals surface area (Å²) in [6.07, 6.45) is 2.75. The van der Waals surface area contributed by atoms with Crippen LogP contribution in [0.4, 0.5) is 0 Å². The Morgan fingerprint density at radius 3 is 2.20 bits per heavy atom. The Morgan fingerprint density at radius 2 is 2.00 bits per heavy atom. The third kappa shape index (κ3) is 1.49. The van der Waals surface area contributed by atoms with Gasteiger partial charge in [0, 0.05) is 0 Å². The lowest BCUT2D eigenvalue weighted by molar-refractivity contribution is 0.546. The number of sulfonamides is 1. The van der Waals surface area contributed by atoms with Crippen molar-refractivity contribution in [1.82, 2.24) is 0 Å². The van der Waals surface area contributed by atoms with Crippen LogP contribution in [0.15, 0.2) is 0 Å². The van der Waals surface area contributed by atoms with Crippen molar-refractivity contribution in [2.75, 3.05) is 0 Å². The zero-order valence-electron chi connectivity index (χ0n) is 6.08. The molecule has 2 unspecified atom stereocenters. The van der Waals surface area contributed by atoms with Gasteiger partial charge in [-0.1, -0.05) is 13.3 Å². The van der Waals surface area contributed by atoms with Gasteiger partial charge < -0.3 is 0 Å². The van der Waals surface area contributed by atoms with Crippen LogP contribution in [0.3, 0.4) is 0 Å². The topological polar surface area (TPSA) is 60.2 Å². The smallest absolute Gasteiger partial charge is 0.212 e. The normalized spacial score (nSPS) is 34.6. The van der Waals surface area contributed by atoms with Crippen molar-refractivity contribution in [2.24, 2.45) is 11.1 Å². The fourth-order valence-corrected chi connectivity index (χ4v) is 2.88. The summed E-state index contributed by atoms with van der Waals surface area (Å²) in [7, 11) is -3.25. The predicted octanol–water partition coefficient (Wildman–Crippen LogP) is 0.464. The molecule has 1 fully saturated rings. The molecule has 0 radical (unpaired) electrons. The van der Waals surface area contributed by atoms with Crippen molar-refractivity contribution >= 4 is 10.0 Å². The molecule has 2 N–H and O–H groups in total. The van der Waals surface area contributed by atoms with Crippen LogP contribution >= 0.6 is 0 Å². The maximum absolute atomic E-state index is 10.8. The van der Waals surface area contributed by atoms with E-state index in [4.69, 9.17) is 5.14 Å². The molecule has 0 bridgehead atoms. The predicted molar refractivity (Wildman–Crippen MR) is 39.9 cm³/mol. The first kappa shape index (κ1) is 8.01. The Labute approximate surface area is 61.7 Å². The minimum absolute atomic E-state index is 0.259. The molecule has 0 saturated heterocycles. The fraction of sp³-hybridized carbons (Fsp3) is 1.00. The third-order valence-corrected chi connectivity index (χ3v) is 3.75. The van der Waals surface area contributed by atoms with Gasteiger partial charge in [0.1, 0.15) is 0 Å². The summed E-state index contributed by atoms with van der Waals surface area (Å²) in [6, 6.07) is 0. The molecule has 0 aromatic heterocycles. The maximum Gasteiger partial charge on any atom is 0.212 e. The van der Waals surface area contributed by atoms with Crippen molar-refractivity contribution in [3.05, 3.63) is 0 Å². The van der Waals surface area contributed by atoms with E-state index in [1.807, 2.05) is 6.92 Å². The van der Waals surface area contributed by atoms with Gasteiger partial charge >= 0.3 is 0 Å². The molecule has 0 aliphatic heterocycles. The van der Waals surface area contributed by atoms with Gasteiger partial charge in [-0.15, -0.1) is 0 Å². The molecule has 1 saturated carbocycles. The lowest BCUT2D eigenvalue weighted by atomic mass is 10.1. The standard InChI is InChI=1S/C6H13NO2S/c1-5-3-2-4-6(5)10(7,8)9/h5-6H,2-4H2,1H3,(H2,7,8,9). The molecule has 0 heterocycles. The molecular formula is C6H13NO2S. The van der Waals surface area contributed by atoms with Crippen LogP contribution in [0.5, 0.6) is 0 Å². The van der Waals surface area contributed by atoms with Crippen LogP contribution in [0.1, 0.15) is 26.2 Å². The summed E-state index contributed by atoms with van der Waals surface area (Å²) in [5.74, 6) is 0.259. The van der Waals surface area contributed by atoms with E-state index in [0.717, 1.165) is 19.3 Å². The Hall–Kier alpha value is -0.0900. The zero-order valence-corrected chi connectivity index (χ0v) is 6.89.